The number of benzene rings is 1. The molecule has 5 rings (SSSR count). The van der Waals surface area contributed by atoms with Gasteiger partial charge in [-0.25, -0.2) is 13.1 Å². The molecule has 4 bridgehead atoms. The Bertz CT molecular complexity index is 814. The SMILES string of the molecule is COc1ccc(S(=O)(=O)NCC23CC4CC(CC(C4)C2)C3)cc1NC(C)=O. The average Bonchev–Trinajstić information content (AvgIpc) is 2.58. The standard InChI is InChI=1S/C20H28N2O4S/c1-13(23)22-18-8-17(3-4-19(18)26-2)27(24,25)21-12-20-9-14-5-15(10-20)7-16(6-14)11-20/h3-4,8,14-16,21H,5-7,9-12H2,1-2H3,(H,22,23). The lowest BCUT2D eigenvalue weighted by Gasteiger charge is -2.56. The number of carbonyl (C=O) groups excluding carboxylic acids is 1. The summed E-state index contributed by atoms with van der Waals surface area (Å²) in [5, 5.41) is 2.63. The molecular weight excluding hydrogens is 364 g/mol. The van der Waals surface area contributed by atoms with Gasteiger partial charge in [0.1, 0.15) is 5.75 Å². The summed E-state index contributed by atoms with van der Waals surface area (Å²) in [6.07, 6.45) is 7.48. The number of ether oxygens (including phenoxy) is 1. The van der Waals surface area contributed by atoms with Gasteiger partial charge in [-0.15, -0.1) is 0 Å². The largest absolute Gasteiger partial charge is 0.495 e. The van der Waals surface area contributed by atoms with Crippen LogP contribution in [0.1, 0.15) is 45.4 Å². The molecule has 1 aromatic rings. The van der Waals surface area contributed by atoms with Gasteiger partial charge >= 0.3 is 0 Å². The Balaban J connectivity index is 1.51. The molecule has 0 radical (unpaired) electrons. The number of nitrogens with one attached hydrogen (secondary N) is 2. The third kappa shape index (κ3) is 3.72. The van der Waals surface area contributed by atoms with Gasteiger partial charge in [0.15, 0.2) is 0 Å². The maximum atomic E-state index is 12.9. The number of rotatable bonds is 6. The van der Waals surface area contributed by atoms with Gasteiger partial charge in [-0.3, -0.25) is 4.79 Å². The quantitative estimate of drug-likeness (QED) is 0.779. The van der Waals surface area contributed by atoms with Crippen molar-refractivity contribution >= 4 is 21.6 Å². The van der Waals surface area contributed by atoms with Crippen molar-refractivity contribution in [1.29, 1.82) is 0 Å². The van der Waals surface area contributed by atoms with Crippen LogP contribution in [0.2, 0.25) is 0 Å². The Morgan fingerprint density at radius 3 is 2.26 bits per heavy atom. The van der Waals surface area contributed by atoms with Crippen molar-refractivity contribution in [3.63, 3.8) is 0 Å². The molecule has 0 saturated heterocycles. The summed E-state index contributed by atoms with van der Waals surface area (Å²) in [5.74, 6) is 2.52. The molecule has 4 aliphatic rings. The third-order valence-electron chi connectivity index (χ3n) is 6.59. The van der Waals surface area contributed by atoms with E-state index in [9.17, 15) is 13.2 Å². The van der Waals surface area contributed by atoms with E-state index in [0.29, 0.717) is 18.0 Å². The van der Waals surface area contributed by atoms with Crippen LogP contribution in [0.5, 0.6) is 5.75 Å². The van der Waals surface area contributed by atoms with Crippen LogP contribution in [0.3, 0.4) is 0 Å². The molecule has 7 heteroatoms. The van der Waals surface area contributed by atoms with Gasteiger partial charge in [0.2, 0.25) is 15.9 Å². The van der Waals surface area contributed by atoms with Crippen molar-refractivity contribution < 1.29 is 17.9 Å². The smallest absolute Gasteiger partial charge is 0.240 e. The summed E-state index contributed by atoms with van der Waals surface area (Å²) in [6.45, 7) is 1.90. The first-order chi connectivity index (χ1) is 12.8. The number of anilines is 1. The average molecular weight is 393 g/mol. The first kappa shape index (κ1) is 18.7. The molecule has 0 aromatic heterocycles. The molecule has 2 N–H and O–H groups in total. The van der Waals surface area contributed by atoms with Crippen LogP contribution >= 0.6 is 0 Å². The maximum absolute atomic E-state index is 12.9. The van der Waals surface area contributed by atoms with Crippen molar-refractivity contribution in [2.24, 2.45) is 23.2 Å². The van der Waals surface area contributed by atoms with Crippen molar-refractivity contribution in [3.05, 3.63) is 18.2 Å². The Kier molecular flexibility index (Phi) is 4.71. The second kappa shape index (κ2) is 6.78. The number of hydrogen-bond donors (Lipinski definition) is 2. The number of methoxy groups -OCH3 is 1. The zero-order valence-corrected chi connectivity index (χ0v) is 16.8. The van der Waals surface area contributed by atoms with E-state index >= 15 is 0 Å². The van der Waals surface area contributed by atoms with Crippen molar-refractivity contribution in [2.75, 3.05) is 19.0 Å². The van der Waals surface area contributed by atoms with Crippen LogP contribution in [0.25, 0.3) is 0 Å². The molecule has 4 saturated carbocycles. The Labute approximate surface area is 161 Å². The molecule has 27 heavy (non-hydrogen) atoms. The Hall–Kier alpha value is -1.60. The van der Waals surface area contributed by atoms with Crippen LogP contribution in [-0.2, 0) is 14.8 Å². The molecule has 1 aromatic carbocycles. The summed E-state index contributed by atoms with van der Waals surface area (Å²) < 4.78 is 33.9. The van der Waals surface area contributed by atoms with E-state index in [-0.39, 0.29) is 16.2 Å². The number of hydrogen-bond acceptors (Lipinski definition) is 4. The van der Waals surface area contributed by atoms with E-state index in [1.807, 2.05) is 0 Å². The van der Waals surface area contributed by atoms with Gasteiger partial charge in [0, 0.05) is 13.5 Å². The minimum Gasteiger partial charge on any atom is -0.495 e. The third-order valence-corrected chi connectivity index (χ3v) is 7.99. The summed E-state index contributed by atoms with van der Waals surface area (Å²) in [5.41, 5.74) is 0.497. The van der Waals surface area contributed by atoms with E-state index in [4.69, 9.17) is 4.74 Å². The minimum atomic E-state index is -3.64. The molecule has 0 aliphatic heterocycles. The fourth-order valence-electron chi connectivity index (χ4n) is 5.98. The molecule has 0 spiro atoms. The zero-order chi connectivity index (χ0) is 19.2. The Morgan fingerprint density at radius 1 is 1.15 bits per heavy atom. The topological polar surface area (TPSA) is 84.5 Å². The van der Waals surface area contributed by atoms with E-state index < -0.39 is 10.0 Å². The Morgan fingerprint density at radius 2 is 1.74 bits per heavy atom. The first-order valence-electron chi connectivity index (χ1n) is 9.74. The van der Waals surface area contributed by atoms with Gasteiger partial charge in [0.25, 0.3) is 0 Å². The van der Waals surface area contributed by atoms with Gasteiger partial charge in [0.05, 0.1) is 17.7 Å². The highest BCUT2D eigenvalue weighted by atomic mass is 32.2. The zero-order valence-electron chi connectivity index (χ0n) is 16.0. The van der Waals surface area contributed by atoms with E-state index in [1.54, 1.807) is 6.07 Å². The van der Waals surface area contributed by atoms with Gasteiger partial charge in [-0.2, -0.15) is 0 Å². The molecule has 0 unspecified atom stereocenters. The van der Waals surface area contributed by atoms with E-state index in [0.717, 1.165) is 37.0 Å². The molecule has 0 atom stereocenters. The predicted molar refractivity (Wildman–Crippen MR) is 103 cm³/mol. The lowest BCUT2D eigenvalue weighted by Crippen LogP contribution is -2.51. The highest BCUT2D eigenvalue weighted by Crippen LogP contribution is 2.59. The molecule has 4 aliphatic carbocycles. The second-order valence-corrected chi connectivity index (χ2v) is 10.6. The van der Waals surface area contributed by atoms with Gasteiger partial charge in [-0.05, 0) is 79.9 Å². The second-order valence-electron chi connectivity index (χ2n) is 8.79. The summed E-state index contributed by atoms with van der Waals surface area (Å²) in [6, 6.07) is 4.55. The summed E-state index contributed by atoms with van der Waals surface area (Å²) in [7, 11) is -2.16. The number of amides is 1. The highest BCUT2D eigenvalue weighted by molar-refractivity contribution is 7.89. The van der Waals surface area contributed by atoms with E-state index in [2.05, 4.69) is 10.0 Å². The highest BCUT2D eigenvalue weighted by Gasteiger charge is 2.50. The molecule has 148 valence electrons. The number of sulfonamides is 1. The van der Waals surface area contributed by atoms with Crippen molar-refractivity contribution in [2.45, 2.75) is 50.3 Å². The molecule has 1 amide bonds. The molecular formula is C20H28N2O4S. The van der Waals surface area contributed by atoms with Gasteiger partial charge < -0.3 is 10.1 Å². The molecule has 0 heterocycles. The summed E-state index contributed by atoms with van der Waals surface area (Å²) >= 11 is 0. The monoisotopic (exact) mass is 392 g/mol. The lowest BCUT2D eigenvalue weighted by atomic mass is 9.50. The predicted octanol–water partition coefficient (Wildman–Crippen LogP) is 3.15. The van der Waals surface area contributed by atoms with Crippen LogP contribution in [0.4, 0.5) is 5.69 Å². The van der Waals surface area contributed by atoms with Crippen LogP contribution < -0.4 is 14.8 Å². The van der Waals surface area contributed by atoms with E-state index in [1.165, 1.54) is 45.4 Å². The van der Waals surface area contributed by atoms with Crippen molar-refractivity contribution in [1.82, 2.24) is 4.72 Å². The number of carbonyl (C=O) groups is 1. The van der Waals surface area contributed by atoms with Crippen LogP contribution in [-0.4, -0.2) is 28.0 Å². The minimum absolute atomic E-state index is 0.134. The first-order valence-corrected chi connectivity index (χ1v) is 11.2. The van der Waals surface area contributed by atoms with Crippen LogP contribution in [0, 0.1) is 23.2 Å². The van der Waals surface area contributed by atoms with Gasteiger partial charge in [-0.1, -0.05) is 0 Å². The normalized spacial score (nSPS) is 31.7. The lowest BCUT2D eigenvalue weighted by molar-refractivity contribution is -0.114. The fourth-order valence-corrected chi connectivity index (χ4v) is 7.16. The summed E-state index contributed by atoms with van der Waals surface area (Å²) in [4.78, 5) is 11.5. The molecule has 6 nitrogen and oxygen atoms in total. The fraction of sp³-hybridized carbons (Fsp3) is 0.650. The molecule has 4 fully saturated rings. The van der Waals surface area contributed by atoms with Crippen LogP contribution in [0.15, 0.2) is 23.1 Å². The maximum Gasteiger partial charge on any atom is 0.240 e. The van der Waals surface area contributed by atoms with Crippen molar-refractivity contribution in [3.8, 4) is 5.75 Å².